The van der Waals surface area contributed by atoms with Crippen LogP contribution in [0.2, 0.25) is 0 Å². The van der Waals surface area contributed by atoms with Gasteiger partial charge in [0, 0.05) is 29.9 Å². The van der Waals surface area contributed by atoms with Crippen LogP contribution in [0, 0.1) is 12.3 Å². The first-order valence-corrected chi connectivity index (χ1v) is 9.67. The normalized spacial score (nSPS) is 10.6. The van der Waals surface area contributed by atoms with Crippen LogP contribution >= 0.6 is 11.3 Å². The molecular formula is C22H18N4S. The molecule has 0 atom stereocenters. The molecule has 0 aliphatic carbocycles. The van der Waals surface area contributed by atoms with E-state index in [9.17, 15) is 0 Å². The minimum absolute atomic E-state index is 0.658. The number of aromatic nitrogens is 3. The van der Waals surface area contributed by atoms with E-state index in [-0.39, 0.29) is 0 Å². The van der Waals surface area contributed by atoms with E-state index >= 15 is 0 Å². The molecule has 0 radical (unpaired) electrons. The van der Waals surface area contributed by atoms with E-state index < -0.39 is 0 Å². The summed E-state index contributed by atoms with van der Waals surface area (Å²) in [7, 11) is 0. The fourth-order valence-corrected chi connectivity index (χ4v) is 3.83. The van der Waals surface area contributed by atoms with Crippen molar-refractivity contribution in [3.8, 4) is 23.7 Å². The maximum absolute atomic E-state index is 5.65. The van der Waals surface area contributed by atoms with Crippen LogP contribution in [0.1, 0.15) is 17.5 Å². The average molecular weight is 370 g/mol. The van der Waals surface area contributed by atoms with E-state index in [1.807, 2.05) is 23.6 Å². The summed E-state index contributed by atoms with van der Waals surface area (Å²) < 4.78 is 1.00. The van der Waals surface area contributed by atoms with E-state index in [2.05, 4.69) is 40.5 Å². The topological polar surface area (TPSA) is 50.7 Å². The predicted octanol–water partition coefficient (Wildman–Crippen LogP) is 4.78. The summed E-state index contributed by atoms with van der Waals surface area (Å²) in [6.45, 7) is 0.833. The number of nitrogens with zero attached hydrogens (tertiary/aromatic N) is 3. The highest BCUT2D eigenvalue weighted by Crippen LogP contribution is 2.31. The van der Waals surface area contributed by atoms with Crippen LogP contribution in [-0.2, 0) is 6.42 Å². The summed E-state index contributed by atoms with van der Waals surface area (Å²) in [4.78, 5) is 13.5. The highest BCUT2D eigenvalue weighted by atomic mass is 32.1. The Morgan fingerprint density at radius 1 is 1.04 bits per heavy atom. The number of fused-ring (bicyclic) bond motifs is 1. The molecule has 0 saturated heterocycles. The molecule has 3 aromatic heterocycles. The number of aryl methyl sites for hydroxylation is 1. The number of pyridine rings is 1. The van der Waals surface area contributed by atoms with Crippen molar-refractivity contribution in [2.75, 3.05) is 11.9 Å². The average Bonchev–Trinajstić information content (AvgIpc) is 3.16. The van der Waals surface area contributed by atoms with Crippen molar-refractivity contribution in [1.82, 2.24) is 15.0 Å². The molecule has 0 saturated carbocycles. The second-order valence-electron chi connectivity index (χ2n) is 6.12. The first kappa shape index (κ1) is 17.2. The van der Waals surface area contributed by atoms with E-state index in [0.29, 0.717) is 5.82 Å². The monoisotopic (exact) mass is 370 g/mol. The molecule has 0 aliphatic rings. The summed E-state index contributed by atoms with van der Waals surface area (Å²) in [5.74, 6) is 4.22. The quantitative estimate of drug-likeness (QED) is 0.392. The van der Waals surface area contributed by atoms with Crippen molar-refractivity contribution < 1.29 is 0 Å². The van der Waals surface area contributed by atoms with Crippen molar-refractivity contribution >= 4 is 27.4 Å². The maximum Gasteiger partial charge on any atom is 0.162 e. The molecule has 3 heterocycles. The second-order valence-corrected chi connectivity index (χ2v) is 7.00. The maximum atomic E-state index is 5.65. The van der Waals surface area contributed by atoms with Gasteiger partial charge in [0.05, 0.1) is 10.3 Å². The van der Waals surface area contributed by atoms with E-state index in [4.69, 9.17) is 16.4 Å². The van der Waals surface area contributed by atoms with Gasteiger partial charge in [-0.3, -0.25) is 4.98 Å². The molecule has 1 aromatic carbocycles. The zero-order chi connectivity index (χ0) is 18.5. The van der Waals surface area contributed by atoms with Crippen molar-refractivity contribution in [2.24, 2.45) is 0 Å². The molecule has 132 valence electrons. The zero-order valence-corrected chi connectivity index (χ0v) is 15.5. The fraction of sp³-hybridized carbons (Fsp3) is 0.136. The van der Waals surface area contributed by atoms with Gasteiger partial charge < -0.3 is 5.32 Å². The van der Waals surface area contributed by atoms with Gasteiger partial charge in [-0.05, 0) is 30.5 Å². The molecule has 0 bridgehead atoms. The Bertz CT molecular complexity index is 1080. The minimum atomic E-state index is 0.658. The largest absolute Gasteiger partial charge is 0.369 e. The van der Waals surface area contributed by atoms with Gasteiger partial charge in [-0.1, -0.05) is 36.3 Å². The molecule has 1 N–H and O–H groups in total. The van der Waals surface area contributed by atoms with Gasteiger partial charge in [0.15, 0.2) is 5.82 Å². The minimum Gasteiger partial charge on any atom is -0.369 e. The lowest BCUT2D eigenvalue weighted by atomic mass is 10.1. The lowest BCUT2D eigenvalue weighted by Gasteiger charge is -2.09. The standard InChI is InChI=1S/C22H18N4S/c1-2-17-15-27-20-19(17)25-21(18-10-13-23-14-11-18)26-22(20)24-12-6-9-16-7-4-3-5-8-16/h1,3-5,7-8,10-11,13-15H,6,9,12H2,(H,24,25,26). The number of benzene rings is 1. The number of hydrogen-bond acceptors (Lipinski definition) is 5. The number of hydrogen-bond donors (Lipinski definition) is 1. The Morgan fingerprint density at radius 3 is 2.63 bits per heavy atom. The second kappa shape index (κ2) is 7.98. The number of rotatable bonds is 6. The molecule has 0 amide bonds. The van der Waals surface area contributed by atoms with Crippen LogP contribution < -0.4 is 5.32 Å². The number of anilines is 1. The Hall–Kier alpha value is -3.23. The predicted molar refractivity (Wildman–Crippen MR) is 112 cm³/mol. The summed E-state index contributed by atoms with van der Waals surface area (Å²) >= 11 is 1.58. The number of thiophene rings is 1. The molecule has 4 rings (SSSR count). The number of nitrogens with one attached hydrogen (secondary N) is 1. The summed E-state index contributed by atoms with van der Waals surface area (Å²) in [6.07, 6.45) is 11.2. The van der Waals surface area contributed by atoms with Crippen molar-refractivity contribution in [3.05, 3.63) is 71.4 Å². The Labute approximate surface area is 162 Å². The molecule has 0 unspecified atom stereocenters. The smallest absolute Gasteiger partial charge is 0.162 e. The van der Waals surface area contributed by atoms with E-state index in [1.54, 1.807) is 23.7 Å². The summed E-state index contributed by atoms with van der Waals surface area (Å²) in [6, 6.07) is 14.3. The zero-order valence-electron chi connectivity index (χ0n) is 14.7. The van der Waals surface area contributed by atoms with Crippen LogP contribution in [0.4, 0.5) is 5.82 Å². The highest BCUT2D eigenvalue weighted by molar-refractivity contribution is 7.18. The van der Waals surface area contributed by atoms with Gasteiger partial charge in [0.25, 0.3) is 0 Å². The Morgan fingerprint density at radius 2 is 1.85 bits per heavy atom. The molecule has 5 heteroatoms. The highest BCUT2D eigenvalue weighted by Gasteiger charge is 2.13. The van der Waals surface area contributed by atoms with Gasteiger partial charge in [0.2, 0.25) is 0 Å². The van der Waals surface area contributed by atoms with Crippen LogP contribution in [0.3, 0.4) is 0 Å². The lowest BCUT2D eigenvalue weighted by molar-refractivity contribution is 0.860. The number of terminal acetylenes is 1. The molecule has 0 fully saturated rings. The third-order valence-electron chi connectivity index (χ3n) is 4.29. The molecule has 27 heavy (non-hydrogen) atoms. The van der Waals surface area contributed by atoms with Crippen LogP contribution in [-0.4, -0.2) is 21.5 Å². The molecule has 0 aliphatic heterocycles. The Kier molecular flexibility index (Phi) is 5.08. The van der Waals surface area contributed by atoms with Crippen LogP contribution in [0.15, 0.2) is 60.2 Å². The third-order valence-corrected chi connectivity index (χ3v) is 5.26. The molecule has 4 aromatic rings. The SMILES string of the molecule is C#Cc1csc2c(NCCCc3ccccc3)nc(-c3ccncc3)nc12. The van der Waals surface area contributed by atoms with E-state index in [0.717, 1.165) is 46.5 Å². The van der Waals surface area contributed by atoms with E-state index in [1.165, 1.54) is 5.56 Å². The summed E-state index contributed by atoms with van der Waals surface area (Å²) in [5, 5.41) is 5.44. The molecule has 0 spiro atoms. The third kappa shape index (κ3) is 3.81. The van der Waals surface area contributed by atoms with Gasteiger partial charge in [-0.15, -0.1) is 17.8 Å². The van der Waals surface area contributed by atoms with Gasteiger partial charge in [0.1, 0.15) is 11.3 Å². The lowest BCUT2D eigenvalue weighted by Crippen LogP contribution is -2.06. The van der Waals surface area contributed by atoms with Gasteiger partial charge in [-0.2, -0.15) is 0 Å². The summed E-state index contributed by atoms with van der Waals surface area (Å²) in [5.41, 5.74) is 3.90. The van der Waals surface area contributed by atoms with Crippen LogP contribution in [0.25, 0.3) is 21.6 Å². The Balaban J connectivity index is 1.59. The van der Waals surface area contributed by atoms with Crippen LogP contribution in [0.5, 0.6) is 0 Å². The van der Waals surface area contributed by atoms with Crippen molar-refractivity contribution in [2.45, 2.75) is 12.8 Å². The molecular weight excluding hydrogens is 352 g/mol. The fourth-order valence-electron chi connectivity index (χ4n) is 2.91. The van der Waals surface area contributed by atoms with Gasteiger partial charge in [-0.25, -0.2) is 9.97 Å². The first-order valence-electron chi connectivity index (χ1n) is 8.79. The van der Waals surface area contributed by atoms with Crippen molar-refractivity contribution in [1.29, 1.82) is 0 Å². The molecule has 4 nitrogen and oxygen atoms in total. The van der Waals surface area contributed by atoms with Crippen molar-refractivity contribution in [3.63, 3.8) is 0 Å². The van der Waals surface area contributed by atoms with Gasteiger partial charge >= 0.3 is 0 Å². The first-order chi connectivity index (χ1) is 13.3.